The Labute approximate surface area is 84.7 Å². The summed E-state index contributed by atoms with van der Waals surface area (Å²) < 4.78 is 1.83. The molecule has 1 aromatic rings. The van der Waals surface area contributed by atoms with Crippen molar-refractivity contribution in [2.45, 2.75) is 24.9 Å². The second-order valence-electron chi connectivity index (χ2n) is 4.37. The minimum Gasteiger partial charge on any atom is -0.326 e. The highest BCUT2D eigenvalue weighted by Gasteiger charge is 2.43. The number of aromatic nitrogens is 2. The van der Waals surface area contributed by atoms with E-state index in [1.165, 1.54) is 5.56 Å². The number of likely N-dealkylation sites (tertiary alicyclic amines) is 1. The fourth-order valence-corrected chi connectivity index (χ4v) is 2.25. The van der Waals surface area contributed by atoms with Crippen LogP contribution in [0.4, 0.5) is 0 Å². The minimum absolute atomic E-state index is 0.0474. The van der Waals surface area contributed by atoms with Crippen molar-refractivity contribution in [3.8, 4) is 0 Å². The molecular formula is C10H18N4. The molecule has 1 saturated heterocycles. The van der Waals surface area contributed by atoms with Crippen molar-refractivity contribution >= 4 is 0 Å². The topological polar surface area (TPSA) is 47.1 Å². The summed E-state index contributed by atoms with van der Waals surface area (Å²) in [4.78, 5) is 2.31. The van der Waals surface area contributed by atoms with E-state index in [1.54, 1.807) is 0 Å². The SMILES string of the molecule is CN1CCC(N)C1(C)c1cnn(C)c1. The van der Waals surface area contributed by atoms with E-state index in [1.807, 2.05) is 17.9 Å². The molecule has 4 heteroatoms. The number of hydrogen-bond acceptors (Lipinski definition) is 3. The molecule has 2 N–H and O–H groups in total. The lowest BCUT2D eigenvalue weighted by Crippen LogP contribution is -2.46. The first kappa shape index (κ1) is 9.68. The highest BCUT2D eigenvalue weighted by atomic mass is 15.3. The van der Waals surface area contributed by atoms with Crippen LogP contribution < -0.4 is 5.73 Å². The van der Waals surface area contributed by atoms with Gasteiger partial charge in [-0.15, -0.1) is 0 Å². The van der Waals surface area contributed by atoms with E-state index in [0.717, 1.165) is 13.0 Å². The lowest BCUT2D eigenvalue weighted by molar-refractivity contribution is 0.181. The predicted molar refractivity (Wildman–Crippen MR) is 55.8 cm³/mol. The minimum atomic E-state index is -0.0474. The maximum atomic E-state index is 6.17. The van der Waals surface area contributed by atoms with E-state index in [0.29, 0.717) is 0 Å². The fourth-order valence-electron chi connectivity index (χ4n) is 2.25. The number of hydrogen-bond donors (Lipinski definition) is 1. The van der Waals surface area contributed by atoms with Gasteiger partial charge in [-0.2, -0.15) is 5.10 Å². The molecule has 2 atom stereocenters. The first-order valence-electron chi connectivity index (χ1n) is 5.01. The summed E-state index contributed by atoms with van der Waals surface area (Å²) in [6, 6.07) is 0.205. The van der Waals surface area contributed by atoms with Crippen LogP contribution in [0.15, 0.2) is 12.4 Å². The lowest BCUT2D eigenvalue weighted by Gasteiger charge is -2.34. The molecule has 1 aliphatic heterocycles. The van der Waals surface area contributed by atoms with Crippen LogP contribution in [0.5, 0.6) is 0 Å². The average Bonchev–Trinajstić information content (AvgIpc) is 2.67. The van der Waals surface area contributed by atoms with Gasteiger partial charge in [0.25, 0.3) is 0 Å². The van der Waals surface area contributed by atoms with Gasteiger partial charge >= 0.3 is 0 Å². The molecule has 2 unspecified atom stereocenters. The molecule has 1 fully saturated rings. The standard InChI is InChI=1S/C10H18N4/c1-10(8-6-12-14(3)7-8)9(11)4-5-13(10)2/h6-7,9H,4-5,11H2,1-3H3. The third kappa shape index (κ3) is 1.18. The Bertz CT molecular complexity index is 321. The highest BCUT2D eigenvalue weighted by Crippen LogP contribution is 2.35. The van der Waals surface area contributed by atoms with Crippen LogP contribution in [0.1, 0.15) is 18.9 Å². The van der Waals surface area contributed by atoms with Gasteiger partial charge in [-0.1, -0.05) is 0 Å². The molecule has 0 saturated carbocycles. The Balaban J connectivity index is 2.39. The molecule has 2 heterocycles. The van der Waals surface area contributed by atoms with Gasteiger partial charge in [-0.05, 0) is 20.4 Å². The maximum Gasteiger partial charge on any atom is 0.0613 e. The predicted octanol–water partition coefficient (Wildman–Crippen LogP) is 0.298. The molecule has 0 bridgehead atoms. The van der Waals surface area contributed by atoms with Gasteiger partial charge in [-0.25, -0.2) is 0 Å². The Kier molecular flexibility index (Phi) is 2.12. The zero-order chi connectivity index (χ0) is 10.3. The van der Waals surface area contributed by atoms with Gasteiger partial charge < -0.3 is 5.73 Å². The molecule has 0 aliphatic carbocycles. The zero-order valence-corrected chi connectivity index (χ0v) is 9.07. The Morgan fingerprint density at radius 2 is 2.29 bits per heavy atom. The Morgan fingerprint density at radius 3 is 2.71 bits per heavy atom. The largest absolute Gasteiger partial charge is 0.326 e. The van der Waals surface area contributed by atoms with E-state index in [2.05, 4.69) is 30.2 Å². The van der Waals surface area contributed by atoms with Crippen molar-refractivity contribution in [1.29, 1.82) is 0 Å². The summed E-state index contributed by atoms with van der Waals surface area (Å²) in [6.45, 7) is 3.26. The Morgan fingerprint density at radius 1 is 1.57 bits per heavy atom. The van der Waals surface area contributed by atoms with Crippen LogP contribution in [0.2, 0.25) is 0 Å². The molecule has 78 valence electrons. The third-order valence-corrected chi connectivity index (χ3v) is 3.58. The van der Waals surface area contributed by atoms with Crippen molar-refractivity contribution in [3.05, 3.63) is 18.0 Å². The van der Waals surface area contributed by atoms with Crippen LogP contribution in [0, 0.1) is 0 Å². The van der Waals surface area contributed by atoms with E-state index < -0.39 is 0 Å². The molecule has 1 aliphatic rings. The van der Waals surface area contributed by atoms with E-state index >= 15 is 0 Å². The zero-order valence-electron chi connectivity index (χ0n) is 9.07. The molecule has 2 rings (SSSR count). The van der Waals surface area contributed by atoms with Crippen molar-refractivity contribution < 1.29 is 0 Å². The number of nitrogens with two attached hydrogens (primary N) is 1. The summed E-state index contributed by atoms with van der Waals surface area (Å²) in [5.74, 6) is 0. The monoisotopic (exact) mass is 194 g/mol. The number of rotatable bonds is 1. The first-order chi connectivity index (χ1) is 6.55. The second kappa shape index (κ2) is 3.07. The normalized spacial score (nSPS) is 33.9. The van der Waals surface area contributed by atoms with Crippen molar-refractivity contribution in [2.75, 3.05) is 13.6 Å². The van der Waals surface area contributed by atoms with Gasteiger partial charge in [0.15, 0.2) is 0 Å². The van der Waals surface area contributed by atoms with Crippen LogP contribution in [-0.4, -0.2) is 34.3 Å². The van der Waals surface area contributed by atoms with Gasteiger partial charge in [0.1, 0.15) is 0 Å². The molecule has 0 aromatic carbocycles. The molecule has 14 heavy (non-hydrogen) atoms. The van der Waals surface area contributed by atoms with E-state index in [4.69, 9.17) is 5.73 Å². The van der Waals surface area contributed by atoms with Gasteiger partial charge in [0.2, 0.25) is 0 Å². The molecule has 0 amide bonds. The quantitative estimate of drug-likeness (QED) is 0.699. The summed E-state index contributed by atoms with van der Waals surface area (Å²) >= 11 is 0. The van der Waals surface area contributed by atoms with Gasteiger partial charge in [0.05, 0.1) is 11.7 Å². The molecular weight excluding hydrogens is 176 g/mol. The smallest absolute Gasteiger partial charge is 0.0613 e. The van der Waals surface area contributed by atoms with Crippen LogP contribution in [0.3, 0.4) is 0 Å². The maximum absolute atomic E-state index is 6.17. The Hall–Kier alpha value is -0.870. The van der Waals surface area contributed by atoms with E-state index in [9.17, 15) is 0 Å². The van der Waals surface area contributed by atoms with Crippen LogP contribution >= 0.6 is 0 Å². The van der Waals surface area contributed by atoms with Gasteiger partial charge in [0, 0.05) is 31.4 Å². The van der Waals surface area contributed by atoms with E-state index in [-0.39, 0.29) is 11.6 Å². The second-order valence-corrected chi connectivity index (χ2v) is 4.37. The molecule has 0 radical (unpaired) electrons. The van der Waals surface area contributed by atoms with Crippen LogP contribution in [0.25, 0.3) is 0 Å². The molecule has 4 nitrogen and oxygen atoms in total. The van der Waals surface area contributed by atoms with Gasteiger partial charge in [-0.3, -0.25) is 9.58 Å². The van der Waals surface area contributed by atoms with Crippen molar-refractivity contribution in [1.82, 2.24) is 14.7 Å². The summed E-state index contributed by atoms with van der Waals surface area (Å²) in [5.41, 5.74) is 7.33. The third-order valence-electron chi connectivity index (χ3n) is 3.58. The lowest BCUT2D eigenvalue weighted by atomic mass is 9.88. The van der Waals surface area contributed by atoms with Crippen molar-refractivity contribution in [2.24, 2.45) is 12.8 Å². The summed E-state index contributed by atoms with van der Waals surface area (Å²) in [5, 5.41) is 4.21. The van der Waals surface area contributed by atoms with Crippen molar-refractivity contribution in [3.63, 3.8) is 0 Å². The molecule has 0 spiro atoms. The summed E-state index contributed by atoms with van der Waals surface area (Å²) in [6.07, 6.45) is 5.03. The fraction of sp³-hybridized carbons (Fsp3) is 0.700. The molecule has 1 aromatic heterocycles. The number of likely N-dealkylation sites (N-methyl/N-ethyl adjacent to an activating group) is 1. The highest BCUT2D eigenvalue weighted by molar-refractivity contribution is 5.22. The summed E-state index contributed by atoms with van der Waals surface area (Å²) in [7, 11) is 4.06. The number of aryl methyl sites for hydroxylation is 1. The first-order valence-corrected chi connectivity index (χ1v) is 5.01. The average molecular weight is 194 g/mol. The van der Waals surface area contributed by atoms with Crippen LogP contribution in [-0.2, 0) is 12.6 Å². The number of nitrogens with zero attached hydrogens (tertiary/aromatic N) is 3.